The van der Waals surface area contributed by atoms with E-state index in [2.05, 4.69) is 17.6 Å². The van der Waals surface area contributed by atoms with Gasteiger partial charge < -0.3 is 10.1 Å². The molecule has 4 heteroatoms. The van der Waals surface area contributed by atoms with Gasteiger partial charge in [0, 0.05) is 12.0 Å². The van der Waals surface area contributed by atoms with Crippen LogP contribution in [0.1, 0.15) is 62.2 Å². The SMILES string of the molecule is CCOC1(c2nc(C3CCCN3)cs2)CCCC1. The zero-order valence-electron chi connectivity index (χ0n) is 11.1. The van der Waals surface area contributed by atoms with Crippen LogP contribution in [0.5, 0.6) is 0 Å². The van der Waals surface area contributed by atoms with Crippen LogP contribution in [0.4, 0.5) is 0 Å². The second-order valence-corrected chi connectivity index (χ2v) is 6.22. The van der Waals surface area contributed by atoms with Gasteiger partial charge in [-0.05, 0) is 39.2 Å². The Bertz CT molecular complexity index is 392. The molecule has 3 rings (SSSR count). The van der Waals surface area contributed by atoms with E-state index in [1.54, 1.807) is 11.3 Å². The second-order valence-electron chi connectivity index (χ2n) is 5.36. The first kappa shape index (κ1) is 12.6. The minimum atomic E-state index is -0.0593. The molecule has 100 valence electrons. The van der Waals surface area contributed by atoms with Crippen molar-refractivity contribution in [2.45, 2.75) is 57.1 Å². The summed E-state index contributed by atoms with van der Waals surface area (Å²) in [7, 11) is 0. The van der Waals surface area contributed by atoms with E-state index in [1.807, 2.05) is 0 Å². The molecule has 1 unspecified atom stereocenters. The number of hydrogen-bond donors (Lipinski definition) is 1. The van der Waals surface area contributed by atoms with Crippen molar-refractivity contribution in [3.63, 3.8) is 0 Å². The van der Waals surface area contributed by atoms with Gasteiger partial charge in [0.25, 0.3) is 0 Å². The van der Waals surface area contributed by atoms with Crippen LogP contribution in [0, 0.1) is 0 Å². The Kier molecular flexibility index (Phi) is 3.68. The minimum absolute atomic E-state index is 0.0593. The summed E-state index contributed by atoms with van der Waals surface area (Å²) in [5.74, 6) is 0. The largest absolute Gasteiger partial charge is 0.368 e. The fraction of sp³-hybridized carbons (Fsp3) is 0.786. The van der Waals surface area contributed by atoms with Gasteiger partial charge in [-0.25, -0.2) is 4.98 Å². The minimum Gasteiger partial charge on any atom is -0.368 e. The van der Waals surface area contributed by atoms with Gasteiger partial charge in [-0.2, -0.15) is 0 Å². The Morgan fingerprint density at radius 1 is 1.44 bits per heavy atom. The normalized spacial score (nSPS) is 26.8. The van der Waals surface area contributed by atoms with Crippen LogP contribution in [0.25, 0.3) is 0 Å². The van der Waals surface area contributed by atoms with E-state index >= 15 is 0 Å². The molecule has 18 heavy (non-hydrogen) atoms. The van der Waals surface area contributed by atoms with Gasteiger partial charge in [0.2, 0.25) is 0 Å². The Labute approximate surface area is 113 Å². The van der Waals surface area contributed by atoms with Crippen molar-refractivity contribution in [3.05, 3.63) is 16.1 Å². The van der Waals surface area contributed by atoms with Crippen LogP contribution in [0.15, 0.2) is 5.38 Å². The Balaban J connectivity index is 1.82. The van der Waals surface area contributed by atoms with E-state index in [-0.39, 0.29) is 5.60 Å². The van der Waals surface area contributed by atoms with Crippen LogP contribution >= 0.6 is 11.3 Å². The van der Waals surface area contributed by atoms with E-state index in [0.29, 0.717) is 6.04 Å². The quantitative estimate of drug-likeness (QED) is 0.907. The predicted octanol–water partition coefficient (Wildman–Crippen LogP) is 3.37. The monoisotopic (exact) mass is 266 g/mol. The summed E-state index contributed by atoms with van der Waals surface area (Å²) in [6.07, 6.45) is 7.34. The maximum absolute atomic E-state index is 6.08. The van der Waals surface area contributed by atoms with Crippen molar-refractivity contribution in [1.29, 1.82) is 0 Å². The van der Waals surface area contributed by atoms with Gasteiger partial charge in [0.1, 0.15) is 10.6 Å². The standard InChI is InChI=1S/C14H22N2OS/c1-2-17-14(7-3-4-8-14)13-16-12(10-18-13)11-6-5-9-15-11/h10-11,15H,2-9H2,1H3. The maximum Gasteiger partial charge on any atom is 0.125 e. The highest BCUT2D eigenvalue weighted by Crippen LogP contribution is 2.44. The van der Waals surface area contributed by atoms with Gasteiger partial charge >= 0.3 is 0 Å². The molecular weight excluding hydrogens is 244 g/mol. The zero-order valence-corrected chi connectivity index (χ0v) is 11.9. The lowest BCUT2D eigenvalue weighted by molar-refractivity contribution is -0.0392. The number of hydrogen-bond acceptors (Lipinski definition) is 4. The second kappa shape index (κ2) is 5.27. The van der Waals surface area contributed by atoms with Gasteiger partial charge in [0.05, 0.1) is 11.7 Å². The fourth-order valence-electron chi connectivity index (χ4n) is 3.23. The first-order valence-corrected chi connectivity index (χ1v) is 8.05. The molecule has 2 heterocycles. The molecule has 2 aliphatic rings. The molecule has 1 saturated heterocycles. The Morgan fingerprint density at radius 2 is 2.28 bits per heavy atom. The van der Waals surface area contributed by atoms with Crippen molar-refractivity contribution in [1.82, 2.24) is 10.3 Å². The number of aromatic nitrogens is 1. The van der Waals surface area contributed by atoms with Crippen LogP contribution in [-0.2, 0) is 10.3 Å². The maximum atomic E-state index is 6.08. The van der Waals surface area contributed by atoms with Crippen molar-refractivity contribution >= 4 is 11.3 Å². The lowest BCUT2D eigenvalue weighted by Crippen LogP contribution is -2.26. The van der Waals surface area contributed by atoms with Gasteiger partial charge in [0.15, 0.2) is 0 Å². The van der Waals surface area contributed by atoms with Crippen LogP contribution in [-0.4, -0.2) is 18.1 Å². The highest BCUT2D eigenvalue weighted by Gasteiger charge is 2.39. The van der Waals surface area contributed by atoms with Crippen molar-refractivity contribution in [3.8, 4) is 0 Å². The smallest absolute Gasteiger partial charge is 0.125 e. The molecule has 1 aliphatic carbocycles. The Hall–Kier alpha value is -0.450. The summed E-state index contributed by atoms with van der Waals surface area (Å²) in [6.45, 7) is 4.01. The van der Waals surface area contributed by atoms with E-state index in [4.69, 9.17) is 9.72 Å². The summed E-state index contributed by atoms with van der Waals surface area (Å²) in [5.41, 5.74) is 1.18. The van der Waals surface area contributed by atoms with Crippen LogP contribution in [0.3, 0.4) is 0 Å². The van der Waals surface area contributed by atoms with E-state index in [1.165, 1.54) is 36.4 Å². The van der Waals surface area contributed by atoms with E-state index in [0.717, 1.165) is 26.0 Å². The number of rotatable bonds is 4. The summed E-state index contributed by atoms with van der Waals surface area (Å²) in [4.78, 5) is 4.90. The highest BCUT2D eigenvalue weighted by molar-refractivity contribution is 7.09. The molecule has 1 aromatic rings. The number of thiazole rings is 1. The lowest BCUT2D eigenvalue weighted by Gasteiger charge is -2.26. The lowest BCUT2D eigenvalue weighted by atomic mass is 10.0. The molecule has 1 aromatic heterocycles. The zero-order chi connectivity index (χ0) is 12.4. The third-order valence-electron chi connectivity index (χ3n) is 4.16. The summed E-state index contributed by atoms with van der Waals surface area (Å²) in [5, 5.41) is 6.97. The number of nitrogens with zero attached hydrogens (tertiary/aromatic N) is 1. The van der Waals surface area contributed by atoms with Crippen LogP contribution in [0.2, 0.25) is 0 Å². The molecule has 1 saturated carbocycles. The molecule has 0 bridgehead atoms. The van der Waals surface area contributed by atoms with E-state index < -0.39 is 0 Å². The van der Waals surface area contributed by atoms with Gasteiger partial charge in [-0.1, -0.05) is 12.8 Å². The molecule has 1 aliphatic heterocycles. The summed E-state index contributed by atoms with van der Waals surface area (Å²) >= 11 is 1.80. The first-order valence-electron chi connectivity index (χ1n) is 7.17. The highest BCUT2D eigenvalue weighted by atomic mass is 32.1. The van der Waals surface area contributed by atoms with Crippen molar-refractivity contribution in [2.24, 2.45) is 0 Å². The average molecular weight is 266 g/mol. The third kappa shape index (κ3) is 2.22. The van der Waals surface area contributed by atoms with Crippen molar-refractivity contribution in [2.75, 3.05) is 13.2 Å². The molecular formula is C14H22N2OS. The molecule has 2 fully saturated rings. The molecule has 0 spiro atoms. The number of ether oxygens (including phenoxy) is 1. The van der Waals surface area contributed by atoms with Crippen LogP contribution < -0.4 is 5.32 Å². The summed E-state index contributed by atoms with van der Waals surface area (Å²) in [6, 6.07) is 0.482. The van der Waals surface area contributed by atoms with Gasteiger partial charge in [-0.3, -0.25) is 0 Å². The molecule has 3 nitrogen and oxygen atoms in total. The third-order valence-corrected chi connectivity index (χ3v) is 5.21. The molecule has 0 radical (unpaired) electrons. The first-order chi connectivity index (χ1) is 8.84. The number of nitrogens with one attached hydrogen (secondary N) is 1. The van der Waals surface area contributed by atoms with E-state index in [9.17, 15) is 0 Å². The summed E-state index contributed by atoms with van der Waals surface area (Å²) < 4.78 is 6.08. The fourth-order valence-corrected chi connectivity index (χ4v) is 4.32. The molecule has 0 amide bonds. The van der Waals surface area contributed by atoms with Gasteiger partial charge in [-0.15, -0.1) is 11.3 Å². The predicted molar refractivity (Wildman–Crippen MR) is 73.9 cm³/mol. The molecule has 1 atom stereocenters. The average Bonchev–Trinajstić information content (AvgIpc) is 3.11. The topological polar surface area (TPSA) is 34.1 Å². The van der Waals surface area contributed by atoms with Crippen molar-refractivity contribution < 1.29 is 4.74 Å². The molecule has 0 aromatic carbocycles. The Morgan fingerprint density at radius 3 is 2.94 bits per heavy atom. The molecule has 1 N–H and O–H groups in total.